The molecule has 0 radical (unpaired) electrons. The van der Waals surface area contributed by atoms with Gasteiger partial charge < -0.3 is 10.1 Å². The van der Waals surface area contributed by atoms with Gasteiger partial charge in [-0.25, -0.2) is 0 Å². The van der Waals surface area contributed by atoms with Crippen LogP contribution in [-0.4, -0.2) is 18.1 Å². The third-order valence-electron chi connectivity index (χ3n) is 2.42. The molecule has 2 aromatic heterocycles. The van der Waals surface area contributed by atoms with Crippen molar-refractivity contribution in [2.75, 3.05) is 13.2 Å². The van der Waals surface area contributed by atoms with Crippen LogP contribution in [0.2, 0.25) is 4.34 Å². The van der Waals surface area contributed by atoms with Crippen molar-refractivity contribution in [3.05, 3.63) is 45.4 Å². The Hall–Kier alpha value is -1.10. The van der Waals surface area contributed by atoms with Gasteiger partial charge in [0.05, 0.1) is 10.0 Å². The molecule has 0 amide bonds. The van der Waals surface area contributed by atoms with Crippen molar-refractivity contribution in [1.29, 1.82) is 0 Å². The van der Waals surface area contributed by atoms with Crippen molar-refractivity contribution in [3.63, 3.8) is 0 Å². The minimum Gasteiger partial charge on any atom is -0.490 e. The lowest BCUT2D eigenvalue weighted by Gasteiger charge is -2.08. The van der Waals surface area contributed by atoms with Crippen molar-refractivity contribution >= 4 is 22.9 Å². The lowest BCUT2D eigenvalue weighted by atomic mass is 10.3. The smallest absolute Gasteiger partial charge is 0.140 e. The molecule has 0 bridgehead atoms. The van der Waals surface area contributed by atoms with Gasteiger partial charge in [0.25, 0.3) is 0 Å². The highest BCUT2D eigenvalue weighted by atomic mass is 35.5. The maximum absolute atomic E-state index is 5.86. The molecule has 0 fully saturated rings. The van der Waals surface area contributed by atoms with Gasteiger partial charge in [-0.1, -0.05) is 11.6 Å². The molecule has 18 heavy (non-hydrogen) atoms. The molecule has 0 saturated heterocycles. The zero-order valence-corrected chi connectivity index (χ0v) is 11.7. The Bertz CT molecular complexity index is 501. The molecule has 0 atom stereocenters. The Morgan fingerprint density at radius 3 is 3.00 bits per heavy atom. The second-order valence-corrected chi connectivity index (χ2v) is 5.62. The summed E-state index contributed by atoms with van der Waals surface area (Å²) < 4.78 is 6.46. The number of ether oxygens (including phenoxy) is 1. The summed E-state index contributed by atoms with van der Waals surface area (Å²) in [6.45, 7) is 4.19. The Morgan fingerprint density at radius 2 is 2.28 bits per heavy atom. The fourth-order valence-electron chi connectivity index (χ4n) is 1.51. The summed E-state index contributed by atoms with van der Waals surface area (Å²) in [5, 5.41) is 3.31. The fraction of sp³-hybridized carbons (Fsp3) is 0.308. The first-order valence-electron chi connectivity index (χ1n) is 5.75. The van der Waals surface area contributed by atoms with E-state index >= 15 is 0 Å². The van der Waals surface area contributed by atoms with E-state index < -0.39 is 0 Å². The van der Waals surface area contributed by atoms with E-state index in [2.05, 4.69) is 10.3 Å². The largest absolute Gasteiger partial charge is 0.490 e. The van der Waals surface area contributed by atoms with Crippen molar-refractivity contribution in [1.82, 2.24) is 10.3 Å². The summed E-state index contributed by atoms with van der Waals surface area (Å²) in [4.78, 5) is 5.40. The Labute approximate surface area is 116 Å². The van der Waals surface area contributed by atoms with E-state index in [-0.39, 0.29) is 0 Å². The molecule has 0 aliphatic heterocycles. The Kier molecular flexibility index (Phi) is 4.99. The highest BCUT2D eigenvalue weighted by Gasteiger charge is 1.99. The molecule has 0 spiro atoms. The summed E-state index contributed by atoms with van der Waals surface area (Å²) in [6.07, 6.45) is 1.76. The van der Waals surface area contributed by atoms with Crippen LogP contribution in [0.3, 0.4) is 0 Å². The maximum atomic E-state index is 5.86. The lowest BCUT2D eigenvalue weighted by molar-refractivity contribution is 0.310. The highest BCUT2D eigenvalue weighted by molar-refractivity contribution is 7.16. The summed E-state index contributed by atoms with van der Waals surface area (Å²) >= 11 is 7.45. The van der Waals surface area contributed by atoms with Gasteiger partial charge in [-0.15, -0.1) is 11.3 Å². The zero-order valence-electron chi connectivity index (χ0n) is 10.1. The van der Waals surface area contributed by atoms with Gasteiger partial charge in [-0.3, -0.25) is 4.98 Å². The standard InChI is InChI=1S/C13H15ClN2OS/c1-10-12(3-2-6-16-10)17-8-7-15-9-11-4-5-13(14)18-11/h2-6,15H,7-9H2,1H3. The first kappa shape index (κ1) is 13.3. The topological polar surface area (TPSA) is 34.1 Å². The summed E-state index contributed by atoms with van der Waals surface area (Å²) in [6, 6.07) is 7.76. The minimum atomic E-state index is 0.631. The van der Waals surface area contributed by atoms with E-state index in [1.54, 1.807) is 17.5 Å². The molecule has 3 nitrogen and oxygen atoms in total. The number of rotatable bonds is 6. The number of nitrogens with one attached hydrogen (secondary N) is 1. The molecule has 2 heterocycles. The predicted molar refractivity (Wildman–Crippen MR) is 75.5 cm³/mol. The van der Waals surface area contributed by atoms with E-state index in [4.69, 9.17) is 16.3 Å². The van der Waals surface area contributed by atoms with Crippen molar-refractivity contribution in [2.45, 2.75) is 13.5 Å². The average Bonchev–Trinajstić information content (AvgIpc) is 2.77. The van der Waals surface area contributed by atoms with E-state index in [9.17, 15) is 0 Å². The van der Waals surface area contributed by atoms with Gasteiger partial charge in [-0.2, -0.15) is 0 Å². The predicted octanol–water partition coefficient (Wildman–Crippen LogP) is 3.27. The minimum absolute atomic E-state index is 0.631. The quantitative estimate of drug-likeness (QED) is 0.826. The SMILES string of the molecule is Cc1ncccc1OCCNCc1ccc(Cl)s1. The first-order valence-corrected chi connectivity index (χ1v) is 6.94. The monoisotopic (exact) mass is 282 g/mol. The molecule has 0 saturated carbocycles. The van der Waals surface area contributed by atoms with E-state index in [1.807, 2.05) is 31.2 Å². The van der Waals surface area contributed by atoms with E-state index in [0.29, 0.717) is 6.61 Å². The molecule has 0 unspecified atom stereocenters. The van der Waals surface area contributed by atoms with Crippen LogP contribution in [0.1, 0.15) is 10.6 Å². The van der Waals surface area contributed by atoms with Crippen LogP contribution in [0, 0.1) is 6.92 Å². The van der Waals surface area contributed by atoms with Crippen LogP contribution in [0.15, 0.2) is 30.5 Å². The van der Waals surface area contributed by atoms with E-state index in [1.165, 1.54) is 4.88 Å². The van der Waals surface area contributed by atoms with Crippen LogP contribution in [0.4, 0.5) is 0 Å². The molecule has 2 rings (SSSR count). The highest BCUT2D eigenvalue weighted by Crippen LogP contribution is 2.20. The van der Waals surface area contributed by atoms with Crippen molar-refractivity contribution in [3.8, 4) is 5.75 Å². The van der Waals surface area contributed by atoms with Gasteiger partial charge in [0.2, 0.25) is 0 Å². The number of hydrogen-bond donors (Lipinski definition) is 1. The van der Waals surface area contributed by atoms with Crippen LogP contribution in [0.25, 0.3) is 0 Å². The summed E-state index contributed by atoms with van der Waals surface area (Å²) in [7, 11) is 0. The van der Waals surface area contributed by atoms with Crippen molar-refractivity contribution in [2.24, 2.45) is 0 Å². The molecular formula is C13H15ClN2OS. The number of halogens is 1. The molecule has 0 aromatic carbocycles. The number of nitrogens with zero attached hydrogens (tertiary/aromatic N) is 1. The molecule has 0 aliphatic rings. The van der Waals surface area contributed by atoms with Gasteiger partial charge >= 0.3 is 0 Å². The average molecular weight is 283 g/mol. The van der Waals surface area contributed by atoms with Gasteiger partial charge in [0, 0.05) is 24.2 Å². The molecule has 5 heteroatoms. The number of thiophene rings is 1. The van der Waals surface area contributed by atoms with Crippen LogP contribution < -0.4 is 10.1 Å². The third-order valence-corrected chi connectivity index (χ3v) is 3.65. The molecule has 1 N–H and O–H groups in total. The Morgan fingerprint density at radius 1 is 1.39 bits per heavy atom. The molecule has 96 valence electrons. The third kappa shape index (κ3) is 3.98. The maximum Gasteiger partial charge on any atom is 0.140 e. The summed E-state index contributed by atoms with van der Waals surface area (Å²) in [5.41, 5.74) is 0.919. The van der Waals surface area contributed by atoms with Crippen LogP contribution >= 0.6 is 22.9 Å². The second kappa shape index (κ2) is 6.73. The number of aryl methyl sites for hydroxylation is 1. The Balaban J connectivity index is 1.66. The normalized spacial score (nSPS) is 10.6. The zero-order chi connectivity index (χ0) is 12.8. The van der Waals surface area contributed by atoms with Crippen molar-refractivity contribution < 1.29 is 4.74 Å². The first-order chi connectivity index (χ1) is 8.75. The van der Waals surface area contributed by atoms with E-state index in [0.717, 1.165) is 28.9 Å². The molecule has 2 aromatic rings. The molecular weight excluding hydrogens is 268 g/mol. The number of aromatic nitrogens is 1. The van der Waals surface area contributed by atoms with Crippen LogP contribution in [-0.2, 0) is 6.54 Å². The van der Waals surface area contributed by atoms with Gasteiger partial charge in [0.15, 0.2) is 0 Å². The fourth-order valence-corrected chi connectivity index (χ4v) is 2.57. The number of hydrogen-bond acceptors (Lipinski definition) is 4. The summed E-state index contributed by atoms with van der Waals surface area (Å²) in [5.74, 6) is 0.846. The second-order valence-electron chi connectivity index (χ2n) is 3.82. The van der Waals surface area contributed by atoms with Gasteiger partial charge in [-0.05, 0) is 31.2 Å². The van der Waals surface area contributed by atoms with Gasteiger partial charge in [0.1, 0.15) is 12.4 Å². The lowest BCUT2D eigenvalue weighted by Crippen LogP contribution is -2.20. The molecule has 0 aliphatic carbocycles. The number of pyridine rings is 1. The van der Waals surface area contributed by atoms with Crippen LogP contribution in [0.5, 0.6) is 5.75 Å².